The number of benzene rings is 2. The first kappa shape index (κ1) is 26.8. The van der Waals surface area contributed by atoms with Crippen molar-refractivity contribution >= 4 is 22.6 Å². The SMILES string of the molecule is Cc1cccc(-c2[nH]c(CNc3cccc(C(=O)O)c3F)nc2-c2ccc3ncc(OCCCCN)cc3c2)n1. The summed E-state index contributed by atoms with van der Waals surface area (Å²) in [6.45, 7) is 3.25. The van der Waals surface area contributed by atoms with Crippen LogP contribution in [0.15, 0.2) is 66.9 Å². The van der Waals surface area contributed by atoms with Crippen LogP contribution in [0, 0.1) is 12.7 Å². The van der Waals surface area contributed by atoms with E-state index in [-0.39, 0.29) is 12.2 Å². The Kier molecular flexibility index (Phi) is 7.97. The number of carbonyl (C=O) groups is 1. The van der Waals surface area contributed by atoms with Crippen LogP contribution in [0.4, 0.5) is 10.1 Å². The molecular formula is C30H29FN6O3. The van der Waals surface area contributed by atoms with E-state index in [2.05, 4.69) is 20.3 Å². The van der Waals surface area contributed by atoms with Gasteiger partial charge in [0.15, 0.2) is 5.82 Å². The number of hydrogen-bond donors (Lipinski definition) is 4. The summed E-state index contributed by atoms with van der Waals surface area (Å²) >= 11 is 0. The molecular weight excluding hydrogens is 511 g/mol. The summed E-state index contributed by atoms with van der Waals surface area (Å²) in [5, 5.41) is 13.1. The molecule has 10 heteroatoms. The van der Waals surface area contributed by atoms with E-state index in [9.17, 15) is 14.3 Å². The maximum atomic E-state index is 14.7. The topological polar surface area (TPSA) is 139 Å². The Labute approximate surface area is 230 Å². The fourth-order valence-electron chi connectivity index (χ4n) is 4.37. The van der Waals surface area contributed by atoms with Gasteiger partial charge in [0.25, 0.3) is 0 Å². The molecule has 3 heterocycles. The molecule has 204 valence electrons. The zero-order chi connectivity index (χ0) is 28.1. The molecule has 0 bridgehead atoms. The van der Waals surface area contributed by atoms with Gasteiger partial charge in [-0.1, -0.05) is 18.2 Å². The van der Waals surface area contributed by atoms with Crippen molar-refractivity contribution in [3.63, 3.8) is 0 Å². The smallest absolute Gasteiger partial charge is 0.338 e. The number of H-pyrrole nitrogens is 1. The van der Waals surface area contributed by atoms with Crippen LogP contribution in [0.2, 0.25) is 0 Å². The number of fused-ring (bicyclic) bond motifs is 1. The summed E-state index contributed by atoms with van der Waals surface area (Å²) in [6, 6.07) is 17.8. The molecule has 2 aromatic carbocycles. The molecule has 0 aliphatic carbocycles. The van der Waals surface area contributed by atoms with Crippen LogP contribution in [0.25, 0.3) is 33.5 Å². The molecule has 0 aliphatic heterocycles. The van der Waals surface area contributed by atoms with E-state index in [1.807, 2.05) is 49.4 Å². The minimum Gasteiger partial charge on any atom is -0.492 e. The molecule has 0 unspecified atom stereocenters. The van der Waals surface area contributed by atoms with Gasteiger partial charge in [-0.3, -0.25) is 9.97 Å². The van der Waals surface area contributed by atoms with Crippen LogP contribution >= 0.6 is 0 Å². The molecule has 5 N–H and O–H groups in total. The fraction of sp³-hybridized carbons (Fsp3) is 0.200. The monoisotopic (exact) mass is 540 g/mol. The van der Waals surface area contributed by atoms with E-state index >= 15 is 0 Å². The largest absolute Gasteiger partial charge is 0.492 e. The standard InChI is InChI=1S/C30H29FN6O3/c1-18-6-4-9-25(35-18)29-28(36-26(37-29)17-34-24-8-5-7-22(27(24)31)30(38)39)19-10-11-23-20(14-19)15-21(16-33-23)40-13-3-2-12-32/h4-11,14-16,34H,2-3,12-13,17,32H2,1H3,(H,36,37)(H,38,39). The Balaban J connectivity index is 1.48. The van der Waals surface area contributed by atoms with E-state index in [1.165, 1.54) is 18.2 Å². The van der Waals surface area contributed by atoms with Gasteiger partial charge in [0.05, 0.1) is 53.2 Å². The van der Waals surface area contributed by atoms with E-state index in [0.29, 0.717) is 41.8 Å². The average Bonchev–Trinajstić information content (AvgIpc) is 3.39. The highest BCUT2D eigenvalue weighted by Crippen LogP contribution is 2.32. The summed E-state index contributed by atoms with van der Waals surface area (Å²) in [5.41, 5.74) is 9.85. The molecule has 0 aliphatic rings. The highest BCUT2D eigenvalue weighted by molar-refractivity contribution is 5.89. The summed E-state index contributed by atoms with van der Waals surface area (Å²) in [4.78, 5) is 28.7. The fourth-order valence-corrected chi connectivity index (χ4v) is 4.37. The lowest BCUT2D eigenvalue weighted by Gasteiger charge is -2.08. The van der Waals surface area contributed by atoms with Crippen LogP contribution in [-0.4, -0.2) is 44.2 Å². The number of unbranched alkanes of at least 4 members (excludes halogenated alkanes) is 1. The number of imidazole rings is 1. The maximum Gasteiger partial charge on any atom is 0.338 e. The molecule has 3 aromatic heterocycles. The van der Waals surface area contributed by atoms with Gasteiger partial charge in [0.1, 0.15) is 11.6 Å². The lowest BCUT2D eigenvalue weighted by atomic mass is 10.1. The number of hydrogen-bond acceptors (Lipinski definition) is 7. The van der Waals surface area contributed by atoms with Crippen LogP contribution in [0.5, 0.6) is 5.75 Å². The quantitative estimate of drug-likeness (QED) is 0.160. The number of aromatic amines is 1. The molecule has 0 fully saturated rings. The number of ether oxygens (including phenoxy) is 1. The van der Waals surface area contributed by atoms with Crippen molar-refractivity contribution in [2.75, 3.05) is 18.5 Å². The number of aromatic nitrogens is 4. The number of aryl methyl sites for hydroxylation is 1. The minimum atomic E-state index is -1.33. The van der Waals surface area contributed by atoms with Crippen LogP contribution < -0.4 is 15.8 Å². The van der Waals surface area contributed by atoms with Gasteiger partial charge in [-0.2, -0.15) is 0 Å². The third kappa shape index (κ3) is 5.92. The molecule has 40 heavy (non-hydrogen) atoms. The molecule has 0 amide bonds. The maximum absolute atomic E-state index is 14.7. The number of aromatic carboxylic acids is 1. The van der Waals surface area contributed by atoms with Crippen LogP contribution in [0.1, 0.15) is 34.7 Å². The highest BCUT2D eigenvalue weighted by atomic mass is 19.1. The first-order valence-corrected chi connectivity index (χ1v) is 12.9. The average molecular weight is 541 g/mol. The number of nitrogens with zero attached hydrogens (tertiary/aromatic N) is 3. The van der Waals surface area contributed by atoms with E-state index < -0.39 is 17.3 Å². The predicted octanol–water partition coefficient (Wildman–Crippen LogP) is 5.56. The Morgan fingerprint density at radius 3 is 2.75 bits per heavy atom. The first-order valence-electron chi connectivity index (χ1n) is 12.9. The van der Waals surface area contributed by atoms with Crippen molar-refractivity contribution in [1.29, 1.82) is 0 Å². The zero-order valence-electron chi connectivity index (χ0n) is 21.9. The van der Waals surface area contributed by atoms with Crippen molar-refractivity contribution in [2.45, 2.75) is 26.3 Å². The second kappa shape index (κ2) is 11.9. The normalized spacial score (nSPS) is 11.1. The number of carboxylic acid groups (broad SMARTS) is 1. The third-order valence-electron chi connectivity index (χ3n) is 6.37. The lowest BCUT2D eigenvalue weighted by molar-refractivity contribution is 0.0692. The van der Waals surface area contributed by atoms with Gasteiger partial charge in [-0.05, 0) is 68.8 Å². The summed E-state index contributed by atoms with van der Waals surface area (Å²) in [6.07, 6.45) is 3.48. The Morgan fingerprint density at radius 2 is 1.95 bits per heavy atom. The molecule has 0 radical (unpaired) electrons. The molecule has 0 saturated carbocycles. The Morgan fingerprint density at radius 1 is 1.10 bits per heavy atom. The van der Waals surface area contributed by atoms with Gasteiger partial charge in [0, 0.05) is 16.6 Å². The first-order chi connectivity index (χ1) is 19.4. The van der Waals surface area contributed by atoms with Crippen LogP contribution in [-0.2, 0) is 6.54 Å². The van der Waals surface area contributed by atoms with Crippen molar-refractivity contribution in [1.82, 2.24) is 19.9 Å². The Hall–Kier alpha value is -4.83. The van der Waals surface area contributed by atoms with Crippen molar-refractivity contribution in [2.24, 2.45) is 5.73 Å². The molecule has 5 aromatic rings. The molecule has 0 saturated heterocycles. The number of carboxylic acids is 1. The number of halogens is 1. The number of anilines is 1. The van der Waals surface area contributed by atoms with Gasteiger partial charge in [-0.15, -0.1) is 0 Å². The Bertz CT molecular complexity index is 1670. The summed E-state index contributed by atoms with van der Waals surface area (Å²) in [5.74, 6) is -0.946. The molecule has 0 atom stereocenters. The molecule has 5 rings (SSSR count). The lowest BCUT2D eigenvalue weighted by Crippen LogP contribution is -2.07. The van der Waals surface area contributed by atoms with Gasteiger partial charge in [-0.25, -0.2) is 14.2 Å². The minimum absolute atomic E-state index is 0.0730. The van der Waals surface area contributed by atoms with Crippen molar-refractivity contribution in [3.05, 3.63) is 89.8 Å². The van der Waals surface area contributed by atoms with Gasteiger partial charge >= 0.3 is 5.97 Å². The number of rotatable bonds is 11. The number of nitrogens with one attached hydrogen (secondary N) is 2. The summed E-state index contributed by atoms with van der Waals surface area (Å²) in [7, 11) is 0. The van der Waals surface area contributed by atoms with E-state index in [4.69, 9.17) is 15.5 Å². The molecule has 9 nitrogen and oxygen atoms in total. The van der Waals surface area contributed by atoms with E-state index in [0.717, 1.165) is 35.0 Å². The number of nitrogens with two attached hydrogens (primary N) is 1. The second-order valence-corrected chi connectivity index (χ2v) is 9.32. The predicted molar refractivity (Wildman–Crippen MR) is 152 cm³/mol. The van der Waals surface area contributed by atoms with Crippen LogP contribution in [0.3, 0.4) is 0 Å². The summed E-state index contributed by atoms with van der Waals surface area (Å²) < 4.78 is 20.5. The van der Waals surface area contributed by atoms with Crippen molar-refractivity contribution < 1.29 is 19.0 Å². The van der Waals surface area contributed by atoms with E-state index in [1.54, 1.807) is 6.20 Å². The van der Waals surface area contributed by atoms with Crippen molar-refractivity contribution in [3.8, 4) is 28.4 Å². The third-order valence-corrected chi connectivity index (χ3v) is 6.37. The van der Waals surface area contributed by atoms with Gasteiger partial charge in [0.2, 0.25) is 0 Å². The highest BCUT2D eigenvalue weighted by Gasteiger charge is 2.18. The number of pyridine rings is 2. The second-order valence-electron chi connectivity index (χ2n) is 9.32. The van der Waals surface area contributed by atoms with Gasteiger partial charge < -0.3 is 25.9 Å². The molecule has 0 spiro atoms. The zero-order valence-corrected chi connectivity index (χ0v) is 21.9.